The first-order valence-corrected chi connectivity index (χ1v) is 9.06. The van der Waals surface area contributed by atoms with Gasteiger partial charge in [0.1, 0.15) is 11.6 Å². The number of halogens is 2. The van der Waals surface area contributed by atoms with Crippen molar-refractivity contribution in [2.24, 2.45) is 0 Å². The van der Waals surface area contributed by atoms with Gasteiger partial charge in [0.25, 0.3) is 0 Å². The molecule has 1 N–H and O–H groups in total. The molecule has 4 rings (SSSR count). The summed E-state index contributed by atoms with van der Waals surface area (Å²) in [5.74, 6) is 1.36. The van der Waals surface area contributed by atoms with Crippen molar-refractivity contribution in [1.82, 2.24) is 15.0 Å². The van der Waals surface area contributed by atoms with Crippen LogP contribution in [0, 0.1) is 0 Å². The average molecular weight is 384 g/mol. The number of fused-ring (bicyclic) bond motifs is 1. The lowest BCUT2D eigenvalue weighted by atomic mass is 10.2. The summed E-state index contributed by atoms with van der Waals surface area (Å²) in [6.45, 7) is -2.47. The number of aromatic nitrogens is 3. The Morgan fingerprint density at radius 3 is 2.70 bits per heavy atom. The van der Waals surface area contributed by atoms with Crippen molar-refractivity contribution < 1.29 is 13.5 Å². The Morgan fingerprint density at radius 2 is 1.96 bits per heavy atom. The smallest absolute Gasteiger partial charge is 0.387 e. The van der Waals surface area contributed by atoms with Crippen LogP contribution in [0.5, 0.6) is 5.75 Å². The van der Waals surface area contributed by atoms with Gasteiger partial charge in [-0.15, -0.1) is 0 Å². The summed E-state index contributed by atoms with van der Waals surface area (Å²) in [6, 6.07) is 12.8. The molecule has 0 aliphatic carbocycles. The second-order valence-corrected chi connectivity index (χ2v) is 6.42. The normalized spacial score (nSPS) is 11.1. The summed E-state index contributed by atoms with van der Waals surface area (Å²) in [5, 5.41) is 8.14. The Kier molecular flexibility index (Phi) is 4.88. The monoisotopic (exact) mass is 384 g/mol. The fraction of sp³-hybridized carbons (Fsp3) is 0.105. The van der Waals surface area contributed by atoms with E-state index < -0.39 is 6.61 Å². The van der Waals surface area contributed by atoms with E-state index in [-0.39, 0.29) is 5.75 Å². The van der Waals surface area contributed by atoms with E-state index in [9.17, 15) is 8.78 Å². The number of thiophene rings is 1. The Morgan fingerprint density at radius 1 is 1.07 bits per heavy atom. The molecule has 27 heavy (non-hydrogen) atoms. The molecule has 0 aliphatic rings. The third-order valence-electron chi connectivity index (χ3n) is 3.84. The summed E-state index contributed by atoms with van der Waals surface area (Å²) < 4.78 is 28.7. The highest BCUT2D eigenvalue weighted by molar-refractivity contribution is 7.08. The van der Waals surface area contributed by atoms with Crippen molar-refractivity contribution in [3.05, 3.63) is 65.1 Å². The second kappa shape index (κ2) is 7.63. The van der Waals surface area contributed by atoms with Gasteiger partial charge in [-0.1, -0.05) is 12.1 Å². The van der Waals surface area contributed by atoms with E-state index in [2.05, 4.69) is 25.0 Å². The van der Waals surface area contributed by atoms with Crippen molar-refractivity contribution in [3.8, 4) is 17.1 Å². The number of ether oxygens (including phenoxy) is 1. The Bertz CT molecular complexity index is 1040. The standard InChI is InChI=1S/C19H14F2N4OS/c20-19(21)26-14-6-5-13(22-10-14)9-23-18-15-3-1-2-4-16(15)24-17(25-18)12-7-8-27-11-12/h1-8,10-11,19H,9H2,(H,23,24,25). The van der Waals surface area contributed by atoms with Crippen molar-refractivity contribution in [2.75, 3.05) is 5.32 Å². The number of hydrogen-bond donors (Lipinski definition) is 1. The third kappa shape index (κ3) is 4.01. The molecule has 0 spiro atoms. The highest BCUT2D eigenvalue weighted by atomic mass is 32.1. The summed E-state index contributed by atoms with van der Waals surface area (Å²) in [6.07, 6.45) is 1.28. The molecule has 0 saturated heterocycles. The van der Waals surface area contributed by atoms with Crippen molar-refractivity contribution in [3.63, 3.8) is 0 Å². The number of alkyl halides is 2. The zero-order valence-corrected chi connectivity index (χ0v) is 14.8. The fourth-order valence-electron chi connectivity index (χ4n) is 2.59. The largest absolute Gasteiger partial charge is 0.433 e. The molecule has 0 radical (unpaired) electrons. The maximum Gasteiger partial charge on any atom is 0.387 e. The van der Waals surface area contributed by atoms with Crippen molar-refractivity contribution in [1.29, 1.82) is 0 Å². The maximum absolute atomic E-state index is 12.2. The summed E-state index contributed by atoms with van der Waals surface area (Å²) in [7, 11) is 0. The Labute approximate surface area is 157 Å². The molecule has 0 atom stereocenters. The molecular formula is C19H14F2N4OS. The highest BCUT2D eigenvalue weighted by Gasteiger charge is 2.10. The zero-order chi connectivity index (χ0) is 18.6. The van der Waals surface area contributed by atoms with Crippen LogP contribution < -0.4 is 10.1 Å². The number of nitrogens with zero attached hydrogens (tertiary/aromatic N) is 3. The van der Waals surface area contributed by atoms with Gasteiger partial charge in [-0.3, -0.25) is 4.98 Å². The summed E-state index contributed by atoms with van der Waals surface area (Å²) in [4.78, 5) is 13.4. The van der Waals surface area contributed by atoms with E-state index in [0.29, 0.717) is 23.9 Å². The molecule has 136 valence electrons. The van der Waals surface area contributed by atoms with Gasteiger partial charge in [0, 0.05) is 16.3 Å². The van der Waals surface area contributed by atoms with Gasteiger partial charge in [-0.25, -0.2) is 9.97 Å². The van der Waals surface area contributed by atoms with Gasteiger partial charge >= 0.3 is 6.61 Å². The predicted octanol–water partition coefficient (Wildman–Crippen LogP) is 4.97. The van der Waals surface area contributed by atoms with Gasteiger partial charge in [-0.05, 0) is 35.7 Å². The van der Waals surface area contributed by atoms with Gasteiger partial charge < -0.3 is 10.1 Å². The minimum atomic E-state index is -2.86. The van der Waals surface area contributed by atoms with E-state index in [1.54, 1.807) is 17.4 Å². The molecule has 0 saturated carbocycles. The molecule has 4 aromatic rings. The SMILES string of the molecule is FC(F)Oc1ccc(CNc2nc(-c3ccsc3)nc3ccccc23)nc1. The fourth-order valence-corrected chi connectivity index (χ4v) is 3.23. The minimum Gasteiger partial charge on any atom is -0.433 e. The van der Waals surface area contributed by atoms with Gasteiger partial charge in [0.05, 0.1) is 24.0 Å². The number of pyridine rings is 1. The highest BCUT2D eigenvalue weighted by Crippen LogP contribution is 2.26. The van der Waals surface area contributed by atoms with Crippen LogP contribution in [0.15, 0.2) is 59.4 Å². The number of anilines is 1. The third-order valence-corrected chi connectivity index (χ3v) is 4.53. The van der Waals surface area contributed by atoms with Crippen LogP contribution in [-0.2, 0) is 6.54 Å². The van der Waals surface area contributed by atoms with Crippen molar-refractivity contribution in [2.45, 2.75) is 13.2 Å². The average Bonchev–Trinajstić information content (AvgIpc) is 3.21. The molecule has 0 bridgehead atoms. The maximum atomic E-state index is 12.2. The van der Waals surface area contributed by atoms with E-state index >= 15 is 0 Å². The molecule has 0 aliphatic heterocycles. The zero-order valence-electron chi connectivity index (χ0n) is 14.0. The van der Waals surface area contributed by atoms with E-state index in [4.69, 9.17) is 0 Å². The molecule has 5 nitrogen and oxygen atoms in total. The van der Waals surface area contributed by atoms with Gasteiger partial charge in [0.15, 0.2) is 5.82 Å². The van der Waals surface area contributed by atoms with Gasteiger partial charge in [0.2, 0.25) is 0 Å². The van der Waals surface area contributed by atoms with Crippen LogP contribution in [0.3, 0.4) is 0 Å². The van der Waals surface area contributed by atoms with Crippen LogP contribution in [0.1, 0.15) is 5.69 Å². The molecular weight excluding hydrogens is 370 g/mol. The van der Waals surface area contributed by atoms with Gasteiger partial charge in [-0.2, -0.15) is 20.1 Å². The number of rotatable bonds is 6. The van der Waals surface area contributed by atoms with Crippen LogP contribution in [0.2, 0.25) is 0 Å². The molecule has 3 aromatic heterocycles. The Hall–Kier alpha value is -3.13. The quantitative estimate of drug-likeness (QED) is 0.509. The minimum absolute atomic E-state index is 0.0287. The lowest BCUT2D eigenvalue weighted by Gasteiger charge is -2.11. The Balaban J connectivity index is 1.59. The van der Waals surface area contributed by atoms with Crippen LogP contribution in [-0.4, -0.2) is 21.6 Å². The molecule has 8 heteroatoms. The molecule has 0 amide bonds. The van der Waals surface area contributed by atoms with E-state index in [1.165, 1.54) is 12.3 Å². The number of benzene rings is 1. The summed E-state index contributed by atoms with van der Waals surface area (Å²) in [5.41, 5.74) is 2.47. The summed E-state index contributed by atoms with van der Waals surface area (Å²) >= 11 is 1.59. The van der Waals surface area contributed by atoms with Crippen LogP contribution in [0.4, 0.5) is 14.6 Å². The number of para-hydroxylation sites is 1. The van der Waals surface area contributed by atoms with Crippen LogP contribution >= 0.6 is 11.3 Å². The second-order valence-electron chi connectivity index (χ2n) is 5.64. The first-order chi connectivity index (χ1) is 13.2. The lowest BCUT2D eigenvalue weighted by molar-refractivity contribution is -0.0500. The number of hydrogen-bond acceptors (Lipinski definition) is 6. The molecule has 3 heterocycles. The lowest BCUT2D eigenvalue weighted by Crippen LogP contribution is -2.06. The molecule has 1 aromatic carbocycles. The first-order valence-electron chi connectivity index (χ1n) is 8.12. The topological polar surface area (TPSA) is 59.9 Å². The van der Waals surface area contributed by atoms with E-state index in [1.807, 2.05) is 41.1 Å². The first kappa shape index (κ1) is 17.3. The molecule has 0 fully saturated rings. The molecule has 0 unspecified atom stereocenters. The van der Waals surface area contributed by atoms with Crippen molar-refractivity contribution >= 4 is 28.1 Å². The van der Waals surface area contributed by atoms with E-state index in [0.717, 1.165) is 16.5 Å². The van der Waals surface area contributed by atoms with Crippen LogP contribution in [0.25, 0.3) is 22.3 Å². The predicted molar refractivity (Wildman–Crippen MR) is 101 cm³/mol. The number of nitrogens with one attached hydrogen (secondary N) is 1.